The van der Waals surface area contributed by atoms with Crippen LogP contribution >= 0.6 is 0 Å². The van der Waals surface area contributed by atoms with Crippen LogP contribution in [-0.2, 0) is 11.3 Å². The van der Waals surface area contributed by atoms with E-state index in [4.69, 9.17) is 19.3 Å². The lowest BCUT2D eigenvalue weighted by molar-refractivity contribution is 0.0877. The van der Waals surface area contributed by atoms with E-state index in [1.807, 2.05) is 68.4 Å². The minimum atomic E-state index is 0.153. The van der Waals surface area contributed by atoms with Crippen LogP contribution < -0.4 is 9.47 Å². The average molecular weight is 332 g/mol. The molecule has 0 bridgehead atoms. The Morgan fingerprint density at radius 2 is 1.50 bits per heavy atom. The summed E-state index contributed by atoms with van der Waals surface area (Å²) in [5.74, 6) is 1.65. The molecule has 0 amide bonds. The lowest BCUT2D eigenvalue weighted by atomic mass is 10.2. The monoisotopic (exact) mass is 332 g/mol. The van der Waals surface area contributed by atoms with Crippen molar-refractivity contribution in [2.45, 2.75) is 26.9 Å². The molecular weight excluding hydrogens is 304 g/mol. The maximum atomic E-state index is 8.67. The Hall–Kier alpha value is -2.04. The van der Waals surface area contributed by atoms with Gasteiger partial charge in [0.05, 0.1) is 6.61 Å². The molecule has 0 aliphatic carbocycles. The van der Waals surface area contributed by atoms with Gasteiger partial charge in [-0.2, -0.15) is 0 Å². The normalized spacial score (nSPS) is 9.79. The van der Waals surface area contributed by atoms with E-state index in [2.05, 4.69) is 0 Å². The van der Waals surface area contributed by atoms with Crippen molar-refractivity contribution in [2.75, 3.05) is 26.4 Å². The molecule has 0 atom stereocenters. The van der Waals surface area contributed by atoms with E-state index in [1.54, 1.807) is 0 Å². The summed E-state index contributed by atoms with van der Waals surface area (Å²) >= 11 is 0. The third-order valence-electron chi connectivity index (χ3n) is 3.04. The van der Waals surface area contributed by atoms with Crippen LogP contribution in [0.3, 0.4) is 0 Å². The molecular formula is C20H28O4. The van der Waals surface area contributed by atoms with Gasteiger partial charge in [0.2, 0.25) is 0 Å². The second-order valence-electron chi connectivity index (χ2n) is 4.75. The number of hydrogen-bond acceptors (Lipinski definition) is 4. The zero-order valence-electron chi connectivity index (χ0n) is 14.6. The molecule has 2 rings (SSSR count). The predicted molar refractivity (Wildman–Crippen MR) is 96.6 cm³/mol. The summed E-state index contributed by atoms with van der Waals surface area (Å²) in [6.45, 7) is 6.16. The number of hydrogen-bond donors (Lipinski definition) is 1. The smallest absolute Gasteiger partial charge is 0.126 e. The van der Waals surface area contributed by atoms with Gasteiger partial charge in [0.1, 0.15) is 24.7 Å². The zero-order chi connectivity index (χ0) is 17.5. The number of aliphatic hydroxyl groups excluding tert-OH is 1. The Bertz CT molecular complexity index is 528. The topological polar surface area (TPSA) is 47.9 Å². The number of para-hydroxylation sites is 2. The number of ether oxygens (including phenoxy) is 3. The van der Waals surface area contributed by atoms with Gasteiger partial charge in [-0.25, -0.2) is 0 Å². The number of benzene rings is 2. The summed E-state index contributed by atoms with van der Waals surface area (Å²) in [6, 6.07) is 17.5. The van der Waals surface area contributed by atoms with Crippen LogP contribution in [0.5, 0.6) is 11.5 Å². The molecule has 0 spiro atoms. The molecule has 0 unspecified atom stereocenters. The van der Waals surface area contributed by atoms with Crippen molar-refractivity contribution >= 4 is 0 Å². The Balaban J connectivity index is 0.00000139. The molecule has 2 aromatic rings. The summed E-state index contributed by atoms with van der Waals surface area (Å²) in [5.41, 5.74) is 1.00. The van der Waals surface area contributed by atoms with Crippen molar-refractivity contribution in [3.63, 3.8) is 0 Å². The van der Waals surface area contributed by atoms with Crippen molar-refractivity contribution in [3.05, 3.63) is 60.2 Å². The van der Waals surface area contributed by atoms with Gasteiger partial charge in [0.15, 0.2) is 0 Å². The van der Waals surface area contributed by atoms with Crippen molar-refractivity contribution in [3.8, 4) is 11.5 Å². The zero-order valence-corrected chi connectivity index (χ0v) is 14.6. The van der Waals surface area contributed by atoms with E-state index in [0.29, 0.717) is 32.8 Å². The van der Waals surface area contributed by atoms with E-state index in [1.165, 1.54) is 0 Å². The van der Waals surface area contributed by atoms with Gasteiger partial charge in [-0.1, -0.05) is 50.2 Å². The van der Waals surface area contributed by atoms with Crippen LogP contribution in [-0.4, -0.2) is 31.5 Å². The molecule has 0 fully saturated rings. The Labute approximate surface area is 145 Å². The van der Waals surface area contributed by atoms with E-state index in [-0.39, 0.29) is 6.61 Å². The molecule has 24 heavy (non-hydrogen) atoms. The van der Waals surface area contributed by atoms with Gasteiger partial charge >= 0.3 is 0 Å². The van der Waals surface area contributed by atoms with Crippen molar-refractivity contribution < 1.29 is 19.3 Å². The third-order valence-corrected chi connectivity index (χ3v) is 3.04. The SMILES string of the molecule is CC.OCCCOCCOc1ccccc1COc1ccccc1. The molecule has 0 aliphatic heterocycles. The molecule has 0 heterocycles. The molecule has 0 aromatic heterocycles. The standard InChI is InChI=1S/C18H22O4.C2H6/c19-11-6-12-20-13-14-21-18-10-5-4-7-16(18)15-22-17-8-2-1-3-9-17;1-2/h1-5,7-10,19H,6,11-15H2;1-2H3. The van der Waals surface area contributed by atoms with Gasteiger partial charge in [0, 0.05) is 18.8 Å². The fraction of sp³-hybridized carbons (Fsp3) is 0.400. The fourth-order valence-corrected chi connectivity index (χ4v) is 1.92. The first-order valence-electron chi connectivity index (χ1n) is 8.47. The third kappa shape index (κ3) is 7.99. The van der Waals surface area contributed by atoms with Gasteiger partial charge in [0.25, 0.3) is 0 Å². The molecule has 2 aromatic carbocycles. The molecule has 132 valence electrons. The highest BCUT2D eigenvalue weighted by Crippen LogP contribution is 2.20. The summed E-state index contributed by atoms with van der Waals surface area (Å²) in [4.78, 5) is 0. The van der Waals surface area contributed by atoms with E-state index in [0.717, 1.165) is 17.1 Å². The highest BCUT2D eigenvalue weighted by molar-refractivity contribution is 5.33. The molecule has 0 radical (unpaired) electrons. The molecule has 0 aliphatic rings. The van der Waals surface area contributed by atoms with Crippen molar-refractivity contribution in [1.82, 2.24) is 0 Å². The van der Waals surface area contributed by atoms with Gasteiger partial charge in [-0.3, -0.25) is 0 Å². The Morgan fingerprint density at radius 1 is 0.792 bits per heavy atom. The molecule has 1 N–H and O–H groups in total. The fourth-order valence-electron chi connectivity index (χ4n) is 1.92. The van der Waals surface area contributed by atoms with E-state index in [9.17, 15) is 0 Å². The van der Waals surface area contributed by atoms with Gasteiger partial charge in [-0.05, 0) is 24.6 Å². The first kappa shape index (κ1) is 20.0. The van der Waals surface area contributed by atoms with Crippen molar-refractivity contribution in [2.24, 2.45) is 0 Å². The predicted octanol–water partition coefficient (Wildman–Crippen LogP) is 4.07. The maximum Gasteiger partial charge on any atom is 0.126 e. The summed E-state index contributed by atoms with van der Waals surface area (Å²) in [5, 5.41) is 8.67. The van der Waals surface area contributed by atoms with Crippen LogP contribution in [0.15, 0.2) is 54.6 Å². The van der Waals surface area contributed by atoms with E-state index < -0.39 is 0 Å². The summed E-state index contributed by atoms with van der Waals surface area (Å²) in [6.07, 6.45) is 0.654. The quantitative estimate of drug-likeness (QED) is 0.666. The summed E-state index contributed by atoms with van der Waals surface area (Å²) < 4.78 is 16.8. The number of rotatable bonds is 10. The van der Waals surface area contributed by atoms with Crippen LogP contribution in [0.1, 0.15) is 25.8 Å². The molecule has 4 heteroatoms. The van der Waals surface area contributed by atoms with Gasteiger partial charge < -0.3 is 19.3 Å². The Kier molecular flexibility index (Phi) is 11.2. The molecule has 0 saturated carbocycles. The minimum absolute atomic E-state index is 0.153. The van der Waals surface area contributed by atoms with Crippen LogP contribution in [0, 0.1) is 0 Å². The van der Waals surface area contributed by atoms with Crippen LogP contribution in [0.2, 0.25) is 0 Å². The lowest BCUT2D eigenvalue weighted by Gasteiger charge is -2.12. The highest BCUT2D eigenvalue weighted by Gasteiger charge is 2.04. The molecule has 4 nitrogen and oxygen atoms in total. The highest BCUT2D eigenvalue weighted by atomic mass is 16.5. The van der Waals surface area contributed by atoms with Crippen LogP contribution in [0.25, 0.3) is 0 Å². The first-order chi connectivity index (χ1) is 11.9. The Morgan fingerprint density at radius 3 is 2.25 bits per heavy atom. The second-order valence-corrected chi connectivity index (χ2v) is 4.75. The minimum Gasteiger partial charge on any atom is -0.491 e. The first-order valence-corrected chi connectivity index (χ1v) is 8.47. The second kappa shape index (κ2) is 13.4. The summed E-state index contributed by atoms with van der Waals surface area (Å²) in [7, 11) is 0. The van der Waals surface area contributed by atoms with E-state index >= 15 is 0 Å². The average Bonchev–Trinajstić information content (AvgIpc) is 2.66. The van der Waals surface area contributed by atoms with Gasteiger partial charge in [-0.15, -0.1) is 0 Å². The lowest BCUT2D eigenvalue weighted by Crippen LogP contribution is -2.09. The number of aliphatic hydroxyl groups is 1. The maximum absolute atomic E-state index is 8.67. The largest absolute Gasteiger partial charge is 0.491 e. The van der Waals surface area contributed by atoms with Crippen LogP contribution in [0.4, 0.5) is 0 Å². The molecule has 0 saturated heterocycles. The van der Waals surface area contributed by atoms with Crippen molar-refractivity contribution in [1.29, 1.82) is 0 Å².